The maximum absolute atomic E-state index is 13.2. The van der Waals surface area contributed by atoms with Gasteiger partial charge in [-0.1, -0.05) is 26.8 Å². The molecule has 156 valence electrons. The van der Waals surface area contributed by atoms with E-state index in [0.29, 0.717) is 30.1 Å². The SMILES string of the molecule is CCCOC(=O)C1C(C)=NC2=C(C(=O)CC(C)(C)C2)[C@@H]1c1ccc(OC)c(Br)c1. The van der Waals surface area contributed by atoms with Crippen LogP contribution in [0.25, 0.3) is 0 Å². The van der Waals surface area contributed by atoms with Crippen molar-refractivity contribution in [2.24, 2.45) is 16.3 Å². The van der Waals surface area contributed by atoms with Crippen LogP contribution in [-0.2, 0) is 14.3 Å². The zero-order valence-corrected chi connectivity index (χ0v) is 19.3. The highest BCUT2D eigenvalue weighted by Crippen LogP contribution is 2.48. The Kier molecular flexibility index (Phi) is 6.32. The fraction of sp³-hybridized carbons (Fsp3) is 0.522. The number of aliphatic imine (C=N–C) groups is 1. The molecule has 0 N–H and O–H groups in total. The molecule has 1 heterocycles. The van der Waals surface area contributed by atoms with E-state index in [1.165, 1.54) is 0 Å². The van der Waals surface area contributed by atoms with Gasteiger partial charge >= 0.3 is 5.97 Å². The van der Waals surface area contributed by atoms with Gasteiger partial charge in [-0.25, -0.2) is 0 Å². The summed E-state index contributed by atoms with van der Waals surface area (Å²) in [4.78, 5) is 30.9. The molecule has 0 fully saturated rings. The number of hydrogen-bond donors (Lipinski definition) is 0. The molecule has 1 aliphatic heterocycles. The second-order valence-electron chi connectivity index (χ2n) is 8.57. The number of carbonyl (C=O) groups is 2. The molecular formula is C23H28BrNO4. The minimum atomic E-state index is -0.606. The monoisotopic (exact) mass is 461 g/mol. The summed E-state index contributed by atoms with van der Waals surface area (Å²) >= 11 is 3.54. The van der Waals surface area contributed by atoms with E-state index in [-0.39, 0.29) is 17.2 Å². The molecule has 2 aliphatic rings. The van der Waals surface area contributed by atoms with Crippen molar-refractivity contribution in [2.45, 2.75) is 52.9 Å². The number of allylic oxidation sites excluding steroid dienone is 2. The number of methoxy groups -OCH3 is 1. The van der Waals surface area contributed by atoms with E-state index in [2.05, 4.69) is 29.8 Å². The number of rotatable bonds is 5. The van der Waals surface area contributed by atoms with Crippen molar-refractivity contribution < 1.29 is 19.1 Å². The number of benzene rings is 1. The number of halogens is 1. The highest BCUT2D eigenvalue weighted by molar-refractivity contribution is 9.10. The lowest BCUT2D eigenvalue weighted by atomic mass is 9.67. The van der Waals surface area contributed by atoms with E-state index in [1.54, 1.807) is 7.11 Å². The maximum atomic E-state index is 13.2. The molecule has 1 unspecified atom stereocenters. The molecular weight excluding hydrogens is 434 g/mol. The summed E-state index contributed by atoms with van der Waals surface area (Å²) in [7, 11) is 1.61. The summed E-state index contributed by atoms with van der Waals surface area (Å²) in [5.41, 5.74) is 2.91. The molecule has 1 aromatic carbocycles. The summed E-state index contributed by atoms with van der Waals surface area (Å²) in [6.07, 6.45) is 1.91. The summed E-state index contributed by atoms with van der Waals surface area (Å²) in [5, 5.41) is 0. The molecule has 0 radical (unpaired) electrons. The van der Waals surface area contributed by atoms with Crippen LogP contribution in [-0.4, -0.2) is 31.2 Å². The molecule has 6 heteroatoms. The first kappa shape index (κ1) is 21.8. The van der Waals surface area contributed by atoms with Gasteiger partial charge in [-0.3, -0.25) is 14.6 Å². The van der Waals surface area contributed by atoms with Crippen molar-refractivity contribution in [1.29, 1.82) is 0 Å². The van der Waals surface area contributed by atoms with Crippen molar-refractivity contribution in [2.75, 3.05) is 13.7 Å². The maximum Gasteiger partial charge on any atom is 0.315 e. The van der Waals surface area contributed by atoms with Gasteiger partial charge in [0.1, 0.15) is 11.7 Å². The van der Waals surface area contributed by atoms with Crippen molar-refractivity contribution in [3.8, 4) is 5.75 Å². The Bertz CT molecular complexity index is 900. The number of ketones is 1. The van der Waals surface area contributed by atoms with Crippen LogP contribution in [0.5, 0.6) is 5.75 Å². The Hall–Kier alpha value is -1.95. The van der Waals surface area contributed by atoms with Crippen molar-refractivity contribution in [1.82, 2.24) is 0 Å². The van der Waals surface area contributed by atoms with Gasteiger partial charge in [0.2, 0.25) is 0 Å². The number of nitrogens with zero attached hydrogens (tertiary/aromatic N) is 1. The standard InChI is InChI=1S/C23H28BrNO4/c1-6-9-29-22(27)19-13(2)25-16-11-23(3,4)12-17(26)21(16)20(19)14-7-8-18(28-5)15(24)10-14/h7-8,10,19-20H,6,9,11-12H2,1-5H3/t19?,20-/m1/s1. The Morgan fingerprint density at radius 2 is 2.03 bits per heavy atom. The topological polar surface area (TPSA) is 65.0 Å². The second kappa shape index (κ2) is 8.42. The smallest absolute Gasteiger partial charge is 0.315 e. The van der Waals surface area contributed by atoms with Crippen LogP contribution in [0.1, 0.15) is 58.4 Å². The second-order valence-corrected chi connectivity index (χ2v) is 9.43. The molecule has 0 bridgehead atoms. The van der Waals surface area contributed by atoms with E-state index in [0.717, 1.165) is 28.6 Å². The number of hydrogen-bond acceptors (Lipinski definition) is 5. The van der Waals surface area contributed by atoms with Crippen molar-refractivity contribution >= 4 is 33.4 Å². The average Bonchev–Trinajstić information content (AvgIpc) is 2.63. The minimum absolute atomic E-state index is 0.0673. The summed E-state index contributed by atoms with van der Waals surface area (Å²) < 4.78 is 11.6. The Morgan fingerprint density at radius 3 is 2.66 bits per heavy atom. The van der Waals surface area contributed by atoms with E-state index >= 15 is 0 Å². The predicted octanol–water partition coefficient (Wildman–Crippen LogP) is 5.23. The number of ether oxygens (including phenoxy) is 2. The summed E-state index contributed by atoms with van der Waals surface area (Å²) in [6.45, 7) is 8.34. The molecule has 1 aliphatic carbocycles. The minimum Gasteiger partial charge on any atom is -0.496 e. The first-order chi connectivity index (χ1) is 13.7. The summed E-state index contributed by atoms with van der Waals surface area (Å²) in [6, 6.07) is 5.71. The quantitative estimate of drug-likeness (QED) is 0.563. The van der Waals surface area contributed by atoms with Gasteiger partial charge in [0, 0.05) is 29.3 Å². The highest BCUT2D eigenvalue weighted by Gasteiger charge is 2.46. The average molecular weight is 462 g/mol. The zero-order chi connectivity index (χ0) is 21.3. The third-order valence-electron chi connectivity index (χ3n) is 5.54. The Labute approximate surface area is 180 Å². The van der Waals surface area contributed by atoms with Gasteiger partial charge in [0.05, 0.1) is 18.2 Å². The van der Waals surface area contributed by atoms with Crippen LogP contribution in [0.15, 0.2) is 38.9 Å². The van der Waals surface area contributed by atoms with Crippen LogP contribution < -0.4 is 4.74 Å². The van der Waals surface area contributed by atoms with Gasteiger partial charge in [-0.15, -0.1) is 0 Å². The molecule has 29 heavy (non-hydrogen) atoms. The largest absolute Gasteiger partial charge is 0.496 e. The molecule has 1 aromatic rings. The molecule has 3 rings (SSSR count). The van der Waals surface area contributed by atoms with Gasteiger partial charge < -0.3 is 9.47 Å². The Balaban J connectivity index is 2.15. The summed E-state index contributed by atoms with van der Waals surface area (Å²) in [5.74, 6) is -0.569. The van der Waals surface area contributed by atoms with Gasteiger partial charge in [0.15, 0.2) is 5.78 Å². The number of esters is 1. The third kappa shape index (κ3) is 4.32. The normalized spacial score (nSPS) is 23.4. The number of Topliss-reactive ketones (excluding diaryl/α,β-unsaturated/α-hetero) is 1. The molecule has 2 atom stereocenters. The molecule has 0 aromatic heterocycles. The van der Waals surface area contributed by atoms with Gasteiger partial charge in [-0.2, -0.15) is 0 Å². The predicted molar refractivity (Wildman–Crippen MR) is 116 cm³/mol. The Morgan fingerprint density at radius 1 is 1.31 bits per heavy atom. The van der Waals surface area contributed by atoms with Crippen LogP contribution in [0, 0.1) is 11.3 Å². The van der Waals surface area contributed by atoms with E-state index in [1.807, 2.05) is 32.0 Å². The lowest BCUT2D eigenvalue weighted by molar-refractivity contribution is -0.146. The lowest BCUT2D eigenvalue weighted by Crippen LogP contribution is -2.39. The van der Waals surface area contributed by atoms with Crippen LogP contribution in [0.4, 0.5) is 0 Å². The molecule has 0 amide bonds. The van der Waals surface area contributed by atoms with Gasteiger partial charge in [0.25, 0.3) is 0 Å². The fourth-order valence-electron chi connectivity index (χ4n) is 4.28. The van der Waals surface area contributed by atoms with E-state index in [9.17, 15) is 9.59 Å². The van der Waals surface area contributed by atoms with Crippen molar-refractivity contribution in [3.05, 3.63) is 39.5 Å². The zero-order valence-electron chi connectivity index (χ0n) is 17.7. The van der Waals surface area contributed by atoms with Crippen molar-refractivity contribution in [3.63, 3.8) is 0 Å². The number of carbonyl (C=O) groups excluding carboxylic acids is 2. The lowest BCUT2D eigenvalue weighted by Gasteiger charge is -2.39. The van der Waals surface area contributed by atoms with Gasteiger partial charge in [-0.05, 0) is 58.8 Å². The molecule has 0 spiro atoms. The van der Waals surface area contributed by atoms with Crippen LogP contribution in [0.3, 0.4) is 0 Å². The van der Waals surface area contributed by atoms with Crippen LogP contribution in [0.2, 0.25) is 0 Å². The van der Waals surface area contributed by atoms with E-state index < -0.39 is 11.8 Å². The first-order valence-electron chi connectivity index (χ1n) is 10.00. The third-order valence-corrected chi connectivity index (χ3v) is 6.16. The first-order valence-corrected chi connectivity index (χ1v) is 10.8. The highest BCUT2D eigenvalue weighted by atomic mass is 79.9. The van der Waals surface area contributed by atoms with Crippen LogP contribution >= 0.6 is 15.9 Å². The fourth-order valence-corrected chi connectivity index (χ4v) is 4.84. The van der Waals surface area contributed by atoms with E-state index in [4.69, 9.17) is 14.5 Å². The molecule has 0 saturated heterocycles. The molecule has 0 saturated carbocycles. The molecule has 5 nitrogen and oxygen atoms in total.